The van der Waals surface area contributed by atoms with Gasteiger partial charge in [0.05, 0.1) is 0 Å². The molecule has 4 N–H and O–H groups in total. The first-order valence-electron chi connectivity index (χ1n) is 2.11. The van der Waals surface area contributed by atoms with E-state index in [-0.39, 0.29) is 11.6 Å². The molecule has 0 fully saturated rings. The fourth-order valence-corrected chi connectivity index (χ4v) is 0.874. The highest BCUT2D eigenvalue weighted by Gasteiger charge is 2.08. The Hall–Kier alpha value is 0.110. The molecule has 0 heterocycles. The maximum atomic E-state index is 9.93. The van der Waals surface area contributed by atoms with E-state index in [1.54, 1.807) is 6.92 Å². The highest BCUT2D eigenvalue weighted by Crippen LogP contribution is 2.34. The van der Waals surface area contributed by atoms with Crippen molar-refractivity contribution < 1.29 is 19.8 Å². The summed E-state index contributed by atoms with van der Waals surface area (Å²) in [5.74, 6) is 0. The van der Waals surface area contributed by atoms with Crippen molar-refractivity contribution in [2.75, 3.05) is 6.16 Å². The lowest BCUT2D eigenvalue weighted by Gasteiger charge is -1.96. The SMILES string of the molecule is CCCP(=O)(O)O.O. The van der Waals surface area contributed by atoms with Gasteiger partial charge in [0.2, 0.25) is 0 Å². The molecule has 0 aromatic heterocycles. The summed E-state index contributed by atoms with van der Waals surface area (Å²) in [4.78, 5) is 16.3. The molecule has 8 heavy (non-hydrogen) atoms. The fraction of sp³-hybridized carbons (Fsp3) is 1.00. The van der Waals surface area contributed by atoms with Crippen LogP contribution in [0.4, 0.5) is 0 Å². The average molecular weight is 142 g/mol. The van der Waals surface area contributed by atoms with Crippen LogP contribution >= 0.6 is 7.60 Å². The number of hydrogen-bond acceptors (Lipinski definition) is 1. The van der Waals surface area contributed by atoms with Crippen LogP contribution in [0.15, 0.2) is 0 Å². The van der Waals surface area contributed by atoms with Gasteiger partial charge in [-0.3, -0.25) is 4.57 Å². The number of rotatable bonds is 2. The van der Waals surface area contributed by atoms with Crippen molar-refractivity contribution in [3.8, 4) is 0 Å². The Morgan fingerprint density at radius 1 is 1.50 bits per heavy atom. The van der Waals surface area contributed by atoms with Gasteiger partial charge in [0.1, 0.15) is 0 Å². The van der Waals surface area contributed by atoms with Gasteiger partial charge in [0.25, 0.3) is 0 Å². The van der Waals surface area contributed by atoms with Crippen LogP contribution < -0.4 is 0 Å². The van der Waals surface area contributed by atoms with Gasteiger partial charge in [0, 0.05) is 6.16 Å². The highest BCUT2D eigenvalue weighted by molar-refractivity contribution is 7.51. The van der Waals surface area contributed by atoms with E-state index in [9.17, 15) is 4.57 Å². The molecule has 0 saturated heterocycles. The van der Waals surface area contributed by atoms with Crippen molar-refractivity contribution in [2.24, 2.45) is 0 Å². The third kappa shape index (κ3) is 9.44. The molecule has 0 unspecified atom stereocenters. The second kappa shape index (κ2) is 4.04. The largest absolute Gasteiger partial charge is 0.412 e. The monoisotopic (exact) mass is 142 g/mol. The van der Waals surface area contributed by atoms with E-state index in [0.717, 1.165) is 0 Å². The van der Waals surface area contributed by atoms with E-state index in [2.05, 4.69) is 0 Å². The molecule has 0 saturated carbocycles. The van der Waals surface area contributed by atoms with E-state index in [1.165, 1.54) is 0 Å². The molecule has 0 amide bonds. The zero-order valence-corrected chi connectivity index (χ0v) is 5.56. The molecule has 0 radical (unpaired) electrons. The maximum Gasteiger partial charge on any atom is 0.325 e. The second-order valence-corrected chi connectivity index (χ2v) is 3.16. The normalized spacial score (nSPS) is 10.4. The van der Waals surface area contributed by atoms with E-state index in [0.29, 0.717) is 6.42 Å². The first-order valence-corrected chi connectivity index (χ1v) is 3.90. The molecule has 0 spiro atoms. The third-order valence-corrected chi connectivity index (χ3v) is 1.54. The molecule has 52 valence electrons. The molecule has 0 aromatic rings. The predicted octanol–water partition coefficient (Wildman–Crippen LogP) is -0.251. The van der Waals surface area contributed by atoms with Crippen LogP contribution in [-0.2, 0) is 4.57 Å². The standard InChI is InChI=1S/C3H9O3P.H2O/c1-2-3-7(4,5)6;/h2-3H2,1H3,(H2,4,5,6);1H2. The molecule has 0 aromatic carbocycles. The number of hydrogen-bond donors (Lipinski definition) is 2. The molecule has 0 bridgehead atoms. The topological polar surface area (TPSA) is 89.0 Å². The Labute approximate surface area is 48.0 Å². The van der Waals surface area contributed by atoms with Gasteiger partial charge < -0.3 is 15.3 Å². The maximum absolute atomic E-state index is 9.93. The van der Waals surface area contributed by atoms with Crippen LogP contribution in [-0.4, -0.2) is 21.4 Å². The Bertz CT molecular complexity index is 85.3. The van der Waals surface area contributed by atoms with Crippen molar-refractivity contribution in [3.05, 3.63) is 0 Å². The van der Waals surface area contributed by atoms with E-state index >= 15 is 0 Å². The quantitative estimate of drug-likeness (QED) is 0.521. The molecule has 5 heteroatoms. The summed E-state index contributed by atoms with van der Waals surface area (Å²) in [5.41, 5.74) is 0. The first-order chi connectivity index (χ1) is 3.06. The second-order valence-electron chi connectivity index (χ2n) is 1.39. The Balaban J connectivity index is 0. The fourth-order valence-electron chi connectivity index (χ4n) is 0.291. The average Bonchev–Trinajstić information content (AvgIpc) is 1.30. The van der Waals surface area contributed by atoms with Crippen molar-refractivity contribution in [1.29, 1.82) is 0 Å². The summed E-state index contributed by atoms with van der Waals surface area (Å²) < 4.78 is 9.93. The van der Waals surface area contributed by atoms with Gasteiger partial charge in [-0.1, -0.05) is 6.92 Å². The van der Waals surface area contributed by atoms with Crippen LogP contribution in [0.1, 0.15) is 13.3 Å². The van der Waals surface area contributed by atoms with Gasteiger partial charge in [-0.15, -0.1) is 0 Å². The minimum absolute atomic E-state index is 0. The minimum Gasteiger partial charge on any atom is -0.412 e. The Morgan fingerprint density at radius 2 is 1.88 bits per heavy atom. The van der Waals surface area contributed by atoms with E-state index in [1.807, 2.05) is 0 Å². The Morgan fingerprint density at radius 3 is 1.88 bits per heavy atom. The molecular formula is C3H11O4P. The molecule has 4 nitrogen and oxygen atoms in total. The summed E-state index contributed by atoms with van der Waals surface area (Å²) in [7, 11) is -3.67. The lowest BCUT2D eigenvalue weighted by molar-refractivity contribution is 0.372. The van der Waals surface area contributed by atoms with Crippen molar-refractivity contribution in [2.45, 2.75) is 13.3 Å². The molecular weight excluding hydrogens is 131 g/mol. The van der Waals surface area contributed by atoms with Crippen LogP contribution in [0.2, 0.25) is 0 Å². The molecule has 0 atom stereocenters. The lowest BCUT2D eigenvalue weighted by atomic mass is 10.6. The van der Waals surface area contributed by atoms with Crippen LogP contribution in [0.25, 0.3) is 0 Å². The minimum atomic E-state index is -3.67. The van der Waals surface area contributed by atoms with Gasteiger partial charge in [0.15, 0.2) is 0 Å². The van der Waals surface area contributed by atoms with Crippen molar-refractivity contribution in [3.63, 3.8) is 0 Å². The predicted molar refractivity (Wildman–Crippen MR) is 30.8 cm³/mol. The summed E-state index contributed by atoms with van der Waals surface area (Å²) in [5, 5.41) is 0. The van der Waals surface area contributed by atoms with Gasteiger partial charge in [-0.2, -0.15) is 0 Å². The highest BCUT2D eigenvalue weighted by atomic mass is 31.2. The van der Waals surface area contributed by atoms with Crippen LogP contribution in [0.3, 0.4) is 0 Å². The lowest BCUT2D eigenvalue weighted by Crippen LogP contribution is -1.82. The van der Waals surface area contributed by atoms with E-state index in [4.69, 9.17) is 9.79 Å². The summed E-state index contributed by atoms with van der Waals surface area (Å²) in [6.45, 7) is 1.74. The third-order valence-electron chi connectivity index (χ3n) is 0.515. The zero-order chi connectivity index (χ0) is 5.91. The van der Waals surface area contributed by atoms with Crippen molar-refractivity contribution >= 4 is 7.60 Å². The van der Waals surface area contributed by atoms with Gasteiger partial charge >= 0.3 is 7.60 Å². The zero-order valence-electron chi connectivity index (χ0n) is 4.66. The molecule has 0 aliphatic heterocycles. The summed E-state index contributed by atoms with van der Waals surface area (Å²) in [6.07, 6.45) is 0.553. The first kappa shape index (κ1) is 11.0. The van der Waals surface area contributed by atoms with Gasteiger partial charge in [-0.25, -0.2) is 0 Å². The Kier molecular flexibility index (Phi) is 5.54. The summed E-state index contributed by atoms with van der Waals surface area (Å²) in [6, 6.07) is 0. The van der Waals surface area contributed by atoms with Gasteiger partial charge in [-0.05, 0) is 6.42 Å². The van der Waals surface area contributed by atoms with Crippen molar-refractivity contribution in [1.82, 2.24) is 0 Å². The van der Waals surface area contributed by atoms with Crippen LogP contribution in [0, 0.1) is 0 Å². The van der Waals surface area contributed by atoms with E-state index < -0.39 is 7.60 Å². The molecule has 0 rings (SSSR count). The molecule has 0 aliphatic rings. The summed E-state index contributed by atoms with van der Waals surface area (Å²) >= 11 is 0. The molecule has 0 aliphatic carbocycles. The van der Waals surface area contributed by atoms with Crippen LogP contribution in [0.5, 0.6) is 0 Å². The smallest absolute Gasteiger partial charge is 0.325 e.